The van der Waals surface area contributed by atoms with E-state index >= 15 is 0 Å². The molecule has 178 valence electrons. The molecule has 1 heterocycles. The van der Waals surface area contributed by atoms with Gasteiger partial charge in [0.15, 0.2) is 11.8 Å². The summed E-state index contributed by atoms with van der Waals surface area (Å²) >= 11 is 0. The van der Waals surface area contributed by atoms with Gasteiger partial charge in [-0.2, -0.15) is 0 Å². The van der Waals surface area contributed by atoms with E-state index in [1.54, 1.807) is 0 Å². The van der Waals surface area contributed by atoms with Gasteiger partial charge in [0.1, 0.15) is 5.82 Å². The third kappa shape index (κ3) is 7.82. The second-order valence-corrected chi connectivity index (χ2v) is 9.00. The molecular formula is C25H35IN6O. The molecule has 0 spiro atoms. The molecule has 3 N–H and O–H groups in total. The van der Waals surface area contributed by atoms with Crippen molar-refractivity contribution in [2.24, 2.45) is 12.0 Å². The lowest BCUT2D eigenvalue weighted by atomic mass is 9.86. The summed E-state index contributed by atoms with van der Waals surface area (Å²) in [5.74, 6) is 2.28. The van der Waals surface area contributed by atoms with E-state index in [-0.39, 0.29) is 29.4 Å². The lowest BCUT2D eigenvalue weighted by Crippen LogP contribution is -2.39. The van der Waals surface area contributed by atoms with Crippen LogP contribution in [0, 0.1) is 6.92 Å². The highest BCUT2D eigenvalue weighted by Crippen LogP contribution is 2.23. The Bertz CT molecular complexity index is 1030. The van der Waals surface area contributed by atoms with Crippen molar-refractivity contribution in [1.29, 1.82) is 0 Å². The van der Waals surface area contributed by atoms with Crippen LogP contribution in [-0.2, 0) is 25.6 Å². The van der Waals surface area contributed by atoms with Crippen molar-refractivity contribution in [1.82, 2.24) is 25.4 Å². The molecule has 0 saturated carbocycles. The van der Waals surface area contributed by atoms with Gasteiger partial charge in [0.2, 0.25) is 0 Å². The summed E-state index contributed by atoms with van der Waals surface area (Å²) in [5.41, 5.74) is 3.31. The Balaban J connectivity index is 0.00000385. The number of rotatable bonds is 7. The number of halogens is 1. The fraction of sp³-hybridized carbons (Fsp3) is 0.400. The van der Waals surface area contributed by atoms with Crippen molar-refractivity contribution >= 4 is 29.9 Å². The molecule has 2 aromatic carbocycles. The van der Waals surface area contributed by atoms with E-state index in [9.17, 15) is 5.11 Å². The number of nitrogens with zero attached hydrogens (tertiary/aromatic N) is 4. The first-order chi connectivity index (χ1) is 15.2. The number of aromatic nitrogens is 3. The van der Waals surface area contributed by atoms with Crippen LogP contribution < -0.4 is 10.6 Å². The minimum absolute atomic E-state index is 0. The fourth-order valence-corrected chi connectivity index (χ4v) is 3.21. The van der Waals surface area contributed by atoms with Gasteiger partial charge in [0.25, 0.3) is 0 Å². The quantitative estimate of drug-likeness (QED) is 0.230. The molecule has 8 heteroatoms. The molecule has 0 saturated heterocycles. The number of hydrogen-bond donors (Lipinski definition) is 3. The maximum atomic E-state index is 10.7. The third-order valence-corrected chi connectivity index (χ3v) is 5.48. The first kappa shape index (κ1) is 26.8. The number of benzene rings is 2. The van der Waals surface area contributed by atoms with Crippen LogP contribution in [0.25, 0.3) is 0 Å². The Morgan fingerprint density at radius 3 is 2.27 bits per heavy atom. The summed E-state index contributed by atoms with van der Waals surface area (Å²) in [6.45, 7) is 9.81. The van der Waals surface area contributed by atoms with Crippen LogP contribution in [0.15, 0.2) is 59.6 Å². The Morgan fingerprint density at radius 1 is 1.03 bits per heavy atom. The predicted molar refractivity (Wildman–Crippen MR) is 144 cm³/mol. The summed E-state index contributed by atoms with van der Waals surface area (Å²) in [5, 5.41) is 25.6. The number of aliphatic hydroxyl groups is 1. The van der Waals surface area contributed by atoms with Crippen LogP contribution in [0.1, 0.15) is 55.2 Å². The van der Waals surface area contributed by atoms with E-state index in [4.69, 9.17) is 0 Å². The SMILES string of the molecule is Cc1nnc(CNC(=NCc2ccccc2)NCC(O)c2ccc(C(C)(C)C)cc2)n1C.I. The summed E-state index contributed by atoms with van der Waals surface area (Å²) < 4.78 is 1.94. The molecule has 0 radical (unpaired) electrons. The van der Waals surface area contributed by atoms with Gasteiger partial charge in [0, 0.05) is 13.6 Å². The van der Waals surface area contributed by atoms with Gasteiger partial charge in [0.05, 0.1) is 19.2 Å². The lowest BCUT2D eigenvalue weighted by Gasteiger charge is -2.20. The molecule has 0 amide bonds. The van der Waals surface area contributed by atoms with E-state index in [0.717, 1.165) is 22.8 Å². The zero-order chi connectivity index (χ0) is 23.1. The van der Waals surface area contributed by atoms with Crippen LogP contribution in [-0.4, -0.2) is 32.4 Å². The van der Waals surface area contributed by atoms with Gasteiger partial charge >= 0.3 is 0 Å². The molecule has 3 aromatic rings. The average Bonchev–Trinajstić information content (AvgIpc) is 3.10. The number of guanidine groups is 1. The van der Waals surface area contributed by atoms with Crippen LogP contribution >= 0.6 is 24.0 Å². The third-order valence-electron chi connectivity index (χ3n) is 5.48. The van der Waals surface area contributed by atoms with Crippen molar-refractivity contribution < 1.29 is 5.11 Å². The molecule has 0 aliphatic heterocycles. The average molecular weight is 563 g/mol. The van der Waals surface area contributed by atoms with Crippen molar-refractivity contribution in [3.05, 3.63) is 82.9 Å². The molecule has 7 nitrogen and oxygen atoms in total. The van der Waals surface area contributed by atoms with Crippen molar-refractivity contribution in [3.8, 4) is 0 Å². The Kier molecular flexibility index (Phi) is 9.85. The van der Waals surface area contributed by atoms with Crippen molar-refractivity contribution in [2.75, 3.05) is 6.54 Å². The highest BCUT2D eigenvalue weighted by Gasteiger charge is 2.15. The Morgan fingerprint density at radius 2 is 1.70 bits per heavy atom. The Hall–Kier alpha value is -2.46. The van der Waals surface area contributed by atoms with Gasteiger partial charge < -0.3 is 20.3 Å². The molecule has 0 fully saturated rings. The monoisotopic (exact) mass is 562 g/mol. The molecule has 3 rings (SSSR count). The summed E-state index contributed by atoms with van der Waals surface area (Å²) in [6, 6.07) is 18.2. The topological polar surface area (TPSA) is 87.4 Å². The molecule has 33 heavy (non-hydrogen) atoms. The fourth-order valence-electron chi connectivity index (χ4n) is 3.21. The summed E-state index contributed by atoms with van der Waals surface area (Å²) in [6.07, 6.45) is -0.648. The smallest absolute Gasteiger partial charge is 0.192 e. The number of hydrogen-bond acceptors (Lipinski definition) is 4. The maximum absolute atomic E-state index is 10.7. The molecule has 1 aromatic heterocycles. The van der Waals surface area contributed by atoms with Crippen LogP contribution in [0.3, 0.4) is 0 Å². The van der Waals surface area contributed by atoms with Gasteiger partial charge in [-0.05, 0) is 29.0 Å². The van der Waals surface area contributed by atoms with E-state index in [1.165, 1.54) is 5.56 Å². The highest BCUT2D eigenvalue weighted by atomic mass is 127. The molecule has 1 atom stereocenters. The van der Waals surface area contributed by atoms with Crippen LogP contribution in [0.2, 0.25) is 0 Å². The maximum Gasteiger partial charge on any atom is 0.192 e. The Labute approximate surface area is 213 Å². The number of nitrogens with one attached hydrogen (secondary N) is 2. The van der Waals surface area contributed by atoms with Gasteiger partial charge in [-0.1, -0.05) is 75.4 Å². The second-order valence-electron chi connectivity index (χ2n) is 9.00. The summed E-state index contributed by atoms with van der Waals surface area (Å²) in [7, 11) is 1.94. The summed E-state index contributed by atoms with van der Waals surface area (Å²) in [4.78, 5) is 4.68. The first-order valence-corrected chi connectivity index (χ1v) is 10.9. The normalized spacial score (nSPS) is 12.7. The molecule has 0 bridgehead atoms. The highest BCUT2D eigenvalue weighted by molar-refractivity contribution is 14.0. The van der Waals surface area contributed by atoms with Crippen molar-refractivity contribution in [3.63, 3.8) is 0 Å². The zero-order valence-electron chi connectivity index (χ0n) is 20.0. The second kappa shape index (κ2) is 12.1. The number of aliphatic hydroxyl groups excluding tert-OH is 1. The molecule has 1 unspecified atom stereocenters. The van der Waals surface area contributed by atoms with E-state index < -0.39 is 6.10 Å². The lowest BCUT2D eigenvalue weighted by molar-refractivity contribution is 0.180. The predicted octanol–water partition coefficient (Wildman–Crippen LogP) is 4.01. The van der Waals surface area contributed by atoms with Crippen molar-refractivity contribution in [2.45, 2.75) is 52.3 Å². The number of aryl methyl sites for hydroxylation is 1. The standard InChI is InChI=1S/C25H34N6O.HI/c1-18-29-30-23(31(18)5)17-28-24(26-15-19-9-7-6-8-10-19)27-16-22(32)20-11-13-21(14-12-20)25(2,3)4;/h6-14,22,32H,15-17H2,1-5H3,(H2,26,27,28);1H. The minimum atomic E-state index is -0.648. The van der Waals surface area contributed by atoms with E-state index in [2.05, 4.69) is 58.7 Å². The molecule has 0 aliphatic carbocycles. The van der Waals surface area contributed by atoms with E-state index in [0.29, 0.717) is 25.6 Å². The van der Waals surface area contributed by atoms with E-state index in [1.807, 2.05) is 61.0 Å². The largest absolute Gasteiger partial charge is 0.387 e. The molecule has 0 aliphatic rings. The van der Waals surface area contributed by atoms with Crippen LogP contribution in [0.5, 0.6) is 0 Å². The molecular weight excluding hydrogens is 527 g/mol. The first-order valence-electron chi connectivity index (χ1n) is 10.9. The van der Waals surface area contributed by atoms with Crippen LogP contribution in [0.4, 0.5) is 0 Å². The minimum Gasteiger partial charge on any atom is -0.387 e. The van der Waals surface area contributed by atoms with Gasteiger partial charge in [-0.3, -0.25) is 0 Å². The number of aliphatic imine (C=N–C) groups is 1. The zero-order valence-corrected chi connectivity index (χ0v) is 22.4. The van der Waals surface area contributed by atoms with Gasteiger partial charge in [-0.25, -0.2) is 4.99 Å². The van der Waals surface area contributed by atoms with Gasteiger partial charge in [-0.15, -0.1) is 34.2 Å².